The molecule has 4 unspecified atom stereocenters. The molecule has 1 nitrogen and oxygen atoms in total. The molecule has 2 rings (SSSR count). The average molecular weight is 242 g/mol. The van der Waals surface area contributed by atoms with E-state index in [2.05, 4.69) is 5.32 Å². The zero-order valence-corrected chi connectivity index (χ0v) is 9.11. The van der Waals surface area contributed by atoms with Gasteiger partial charge in [-0.05, 0) is 38.1 Å². The summed E-state index contributed by atoms with van der Waals surface area (Å²) in [5.74, 6) is -0.896. The number of piperidine rings is 1. The molecule has 0 aromatic carbocycles. The number of hydrogen-bond acceptors (Lipinski definition) is 1. The van der Waals surface area contributed by atoms with E-state index in [1.807, 2.05) is 0 Å². The molecule has 0 bridgehead atoms. The lowest BCUT2D eigenvalue weighted by molar-refractivity contribution is -0.187. The van der Waals surface area contributed by atoms with Gasteiger partial charge >= 0.3 is 6.18 Å². The Labute approximate surface area is 92.4 Å². The Balaban J connectivity index is 2.00. The molecule has 15 heavy (non-hydrogen) atoms. The Morgan fingerprint density at radius 3 is 2.53 bits per heavy atom. The normalized spacial score (nSPS) is 42.4. The van der Waals surface area contributed by atoms with Gasteiger partial charge in [0.25, 0.3) is 0 Å². The van der Waals surface area contributed by atoms with Gasteiger partial charge in [-0.1, -0.05) is 0 Å². The zero-order chi connectivity index (χ0) is 11.1. The van der Waals surface area contributed by atoms with Gasteiger partial charge in [0.15, 0.2) is 0 Å². The second-order valence-corrected chi connectivity index (χ2v) is 5.14. The van der Waals surface area contributed by atoms with Crippen molar-refractivity contribution in [2.24, 2.45) is 11.8 Å². The van der Waals surface area contributed by atoms with Crippen LogP contribution in [0.1, 0.15) is 25.7 Å². The average Bonchev–Trinajstić information content (AvgIpc) is 2.16. The van der Waals surface area contributed by atoms with E-state index in [-0.39, 0.29) is 30.2 Å². The molecule has 2 aliphatic rings. The minimum atomic E-state index is -4.04. The van der Waals surface area contributed by atoms with E-state index >= 15 is 0 Å². The number of alkyl halides is 4. The first kappa shape index (κ1) is 11.5. The second kappa shape index (κ2) is 4.13. The summed E-state index contributed by atoms with van der Waals surface area (Å²) < 4.78 is 37.6. The first-order valence-corrected chi connectivity index (χ1v) is 5.86. The van der Waals surface area contributed by atoms with Crippen LogP contribution in [-0.2, 0) is 0 Å². The third-order valence-electron chi connectivity index (χ3n) is 3.66. The number of rotatable bonds is 0. The molecule has 0 aromatic heterocycles. The van der Waals surface area contributed by atoms with E-state index in [1.165, 1.54) is 0 Å². The monoisotopic (exact) mass is 241 g/mol. The highest BCUT2D eigenvalue weighted by Crippen LogP contribution is 2.42. The van der Waals surface area contributed by atoms with Crippen molar-refractivity contribution < 1.29 is 13.2 Å². The Hall–Kier alpha value is 0.0400. The highest BCUT2D eigenvalue weighted by molar-refractivity contribution is 6.20. The summed E-state index contributed by atoms with van der Waals surface area (Å²) in [6.45, 7) is 0.750. The summed E-state index contributed by atoms with van der Waals surface area (Å²) in [5, 5.41) is 3.23. The Kier molecular flexibility index (Phi) is 3.17. The van der Waals surface area contributed by atoms with Gasteiger partial charge < -0.3 is 5.32 Å². The molecule has 0 aromatic rings. The highest BCUT2D eigenvalue weighted by Gasteiger charge is 2.46. The third kappa shape index (κ3) is 2.41. The largest absolute Gasteiger partial charge is 0.391 e. The van der Waals surface area contributed by atoms with Gasteiger partial charge in [-0.15, -0.1) is 11.6 Å². The molecular weight excluding hydrogens is 227 g/mol. The SMILES string of the molecule is FC(F)(F)C1CCC2C(Cl)CCNC2C1. The van der Waals surface area contributed by atoms with Gasteiger partial charge in [-0.2, -0.15) is 13.2 Å². The van der Waals surface area contributed by atoms with E-state index in [0.29, 0.717) is 6.42 Å². The van der Waals surface area contributed by atoms with Gasteiger partial charge in [0.2, 0.25) is 0 Å². The molecule has 1 saturated carbocycles. The minimum absolute atomic E-state index is 0.0263. The van der Waals surface area contributed by atoms with Crippen molar-refractivity contribution in [3.05, 3.63) is 0 Å². The molecule has 0 amide bonds. The predicted molar refractivity (Wildman–Crippen MR) is 52.9 cm³/mol. The van der Waals surface area contributed by atoms with Crippen molar-refractivity contribution >= 4 is 11.6 Å². The molecule has 0 radical (unpaired) electrons. The second-order valence-electron chi connectivity index (χ2n) is 4.58. The molecule has 0 spiro atoms. The minimum Gasteiger partial charge on any atom is -0.314 e. The van der Waals surface area contributed by atoms with Crippen LogP contribution >= 0.6 is 11.6 Å². The topological polar surface area (TPSA) is 12.0 Å². The smallest absolute Gasteiger partial charge is 0.314 e. The number of hydrogen-bond donors (Lipinski definition) is 1. The standard InChI is InChI=1S/C10H15ClF3N/c11-8-3-4-15-9-5-6(10(12,13)14)1-2-7(8)9/h6-9,15H,1-5H2. The van der Waals surface area contributed by atoms with E-state index in [4.69, 9.17) is 11.6 Å². The molecule has 2 fully saturated rings. The van der Waals surface area contributed by atoms with Crippen LogP contribution in [-0.4, -0.2) is 24.1 Å². The van der Waals surface area contributed by atoms with Crippen LogP contribution in [0.25, 0.3) is 0 Å². The summed E-state index contributed by atoms with van der Waals surface area (Å²) in [5.41, 5.74) is 0. The molecule has 88 valence electrons. The van der Waals surface area contributed by atoms with E-state index in [9.17, 15) is 13.2 Å². The summed E-state index contributed by atoms with van der Waals surface area (Å²) in [4.78, 5) is 0. The molecular formula is C10H15ClF3N. The van der Waals surface area contributed by atoms with Crippen molar-refractivity contribution in [1.29, 1.82) is 0 Å². The van der Waals surface area contributed by atoms with E-state index < -0.39 is 12.1 Å². The van der Waals surface area contributed by atoms with Crippen LogP contribution in [0, 0.1) is 11.8 Å². The Morgan fingerprint density at radius 2 is 1.87 bits per heavy atom. The first-order valence-electron chi connectivity index (χ1n) is 5.42. The molecule has 1 aliphatic heterocycles. The maximum Gasteiger partial charge on any atom is 0.391 e. The molecule has 5 heteroatoms. The van der Waals surface area contributed by atoms with Crippen molar-refractivity contribution in [2.45, 2.75) is 43.3 Å². The van der Waals surface area contributed by atoms with Crippen LogP contribution in [0.3, 0.4) is 0 Å². The van der Waals surface area contributed by atoms with Crippen LogP contribution in [0.2, 0.25) is 0 Å². The van der Waals surface area contributed by atoms with Gasteiger partial charge in [-0.3, -0.25) is 0 Å². The zero-order valence-electron chi connectivity index (χ0n) is 8.36. The lowest BCUT2D eigenvalue weighted by Crippen LogP contribution is -2.51. The van der Waals surface area contributed by atoms with Crippen molar-refractivity contribution in [1.82, 2.24) is 5.32 Å². The van der Waals surface area contributed by atoms with Gasteiger partial charge in [-0.25, -0.2) is 0 Å². The summed E-state index contributed by atoms with van der Waals surface area (Å²) in [6.07, 6.45) is -2.10. The van der Waals surface area contributed by atoms with Crippen molar-refractivity contribution in [2.75, 3.05) is 6.54 Å². The maximum absolute atomic E-state index is 12.5. The summed E-state index contributed by atoms with van der Waals surface area (Å²) in [6, 6.07) is -0.0263. The van der Waals surface area contributed by atoms with Crippen molar-refractivity contribution in [3.8, 4) is 0 Å². The van der Waals surface area contributed by atoms with Gasteiger partial charge in [0.1, 0.15) is 0 Å². The van der Waals surface area contributed by atoms with Crippen LogP contribution in [0.4, 0.5) is 13.2 Å². The lowest BCUT2D eigenvalue weighted by Gasteiger charge is -2.42. The summed E-state index contributed by atoms with van der Waals surface area (Å²) in [7, 11) is 0. The van der Waals surface area contributed by atoms with E-state index in [0.717, 1.165) is 13.0 Å². The van der Waals surface area contributed by atoms with Crippen LogP contribution in [0.15, 0.2) is 0 Å². The fourth-order valence-corrected chi connectivity index (χ4v) is 3.19. The fourth-order valence-electron chi connectivity index (χ4n) is 2.78. The molecule has 4 atom stereocenters. The Morgan fingerprint density at radius 1 is 1.13 bits per heavy atom. The van der Waals surface area contributed by atoms with Gasteiger partial charge in [0, 0.05) is 11.4 Å². The number of halogens is 4. The Bertz CT molecular complexity index is 231. The summed E-state index contributed by atoms with van der Waals surface area (Å²) >= 11 is 6.13. The molecule has 1 N–H and O–H groups in total. The third-order valence-corrected chi connectivity index (χ3v) is 4.20. The quantitative estimate of drug-likeness (QED) is 0.643. The van der Waals surface area contributed by atoms with E-state index in [1.54, 1.807) is 0 Å². The molecule has 1 heterocycles. The maximum atomic E-state index is 12.5. The molecule has 1 aliphatic carbocycles. The molecule has 1 saturated heterocycles. The van der Waals surface area contributed by atoms with Crippen LogP contribution < -0.4 is 5.32 Å². The number of nitrogens with one attached hydrogen (secondary N) is 1. The number of fused-ring (bicyclic) bond motifs is 1. The van der Waals surface area contributed by atoms with Gasteiger partial charge in [0.05, 0.1) is 5.92 Å². The first-order chi connectivity index (χ1) is 6.98. The van der Waals surface area contributed by atoms with Crippen LogP contribution in [0.5, 0.6) is 0 Å². The lowest BCUT2D eigenvalue weighted by atomic mass is 9.74. The highest BCUT2D eigenvalue weighted by atomic mass is 35.5. The predicted octanol–water partition coefficient (Wildman–Crippen LogP) is 2.93. The fraction of sp³-hybridized carbons (Fsp3) is 1.00. The van der Waals surface area contributed by atoms with Crippen molar-refractivity contribution in [3.63, 3.8) is 0 Å².